The van der Waals surface area contributed by atoms with Crippen molar-refractivity contribution < 1.29 is 4.84 Å². The first-order chi connectivity index (χ1) is 12.1. The second-order valence-corrected chi connectivity index (χ2v) is 6.36. The van der Waals surface area contributed by atoms with Crippen molar-refractivity contribution in [2.75, 3.05) is 0 Å². The van der Waals surface area contributed by atoms with Gasteiger partial charge in [0.15, 0.2) is 0 Å². The quantitative estimate of drug-likeness (QED) is 0.470. The van der Waals surface area contributed by atoms with Crippen molar-refractivity contribution in [3.63, 3.8) is 0 Å². The first-order valence-electron chi connectivity index (χ1n) is 7.64. The van der Waals surface area contributed by atoms with Crippen LogP contribution in [0.2, 0.25) is 10.0 Å². The van der Waals surface area contributed by atoms with Crippen molar-refractivity contribution in [1.29, 1.82) is 0 Å². The number of benzene rings is 2. The van der Waals surface area contributed by atoms with Crippen molar-refractivity contribution in [3.05, 3.63) is 81.9 Å². The Morgan fingerprint density at radius 2 is 1.96 bits per heavy atom. The molecule has 0 bridgehead atoms. The molecular weight excluding hydrogens is 359 g/mol. The van der Waals surface area contributed by atoms with Gasteiger partial charge in [0, 0.05) is 10.6 Å². The molecule has 2 aromatic carbocycles. The fraction of sp³-hybridized carbons (Fsp3) is 0.167. The summed E-state index contributed by atoms with van der Waals surface area (Å²) < 4.78 is 1.65. The molecule has 0 saturated carbocycles. The Morgan fingerprint density at radius 1 is 1.16 bits per heavy atom. The van der Waals surface area contributed by atoms with Crippen LogP contribution in [0.1, 0.15) is 16.7 Å². The highest BCUT2D eigenvalue weighted by molar-refractivity contribution is 6.37. The summed E-state index contributed by atoms with van der Waals surface area (Å²) in [5.41, 5.74) is 3.62. The molecule has 0 aliphatic rings. The molecule has 0 saturated heterocycles. The van der Waals surface area contributed by atoms with Gasteiger partial charge in [-0.15, -0.1) is 0 Å². The van der Waals surface area contributed by atoms with Crippen LogP contribution in [0.3, 0.4) is 0 Å². The standard InChI is InChI=1S/C18H16Cl2N4O/c1-13-2-4-14(5-3-13)10-25-23-18(9-24-12-21-11-22-24)16-7-6-15(19)8-17(16)20/h2-8,11-12H,9-10H2,1H3/b23-18+. The second-order valence-electron chi connectivity index (χ2n) is 5.51. The van der Waals surface area contributed by atoms with E-state index in [1.165, 1.54) is 11.9 Å². The summed E-state index contributed by atoms with van der Waals surface area (Å²) in [4.78, 5) is 9.49. The van der Waals surface area contributed by atoms with Crippen LogP contribution in [0.25, 0.3) is 0 Å². The molecule has 5 nitrogen and oxygen atoms in total. The van der Waals surface area contributed by atoms with Gasteiger partial charge in [-0.2, -0.15) is 5.10 Å². The molecule has 1 aromatic heterocycles. The average molecular weight is 375 g/mol. The number of nitrogens with zero attached hydrogens (tertiary/aromatic N) is 4. The number of halogens is 2. The Labute approximate surface area is 155 Å². The normalized spacial score (nSPS) is 11.6. The van der Waals surface area contributed by atoms with Crippen LogP contribution in [0, 0.1) is 6.92 Å². The van der Waals surface area contributed by atoms with Crippen molar-refractivity contribution in [2.24, 2.45) is 5.16 Å². The summed E-state index contributed by atoms with van der Waals surface area (Å²) >= 11 is 12.3. The predicted octanol–water partition coefficient (Wildman–Crippen LogP) is 4.51. The number of aromatic nitrogens is 3. The van der Waals surface area contributed by atoms with Gasteiger partial charge in [-0.1, -0.05) is 58.2 Å². The molecule has 0 radical (unpaired) electrons. The van der Waals surface area contributed by atoms with Gasteiger partial charge in [-0.25, -0.2) is 9.67 Å². The summed E-state index contributed by atoms with van der Waals surface area (Å²) in [6, 6.07) is 13.3. The highest BCUT2D eigenvalue weighted by atomic mass is 35.5. The lowest BCUT2D eigenvalue weighted by Gasteiger charge is -2.09. The smallest absolute Gasteiger partial charge is 0.142 e. The molecule has 25 heavy (non-hydrogen) atoms. The van der Waals surface area contributed by atoms with Gasteiger partial charge in [-0.3, -0.25) is 0 Å². The highest BCUT2D eigenvalue weighted by Gasteiger charge is 2.11. The molecule has 0 unspecified atom stereocenters. The Kier molecular flexibility index (Phi) is 5.68. The molecule has 0 aliphatic heterocycles. The fourth-order valence-electron chi connectivity index (χ4n) is 2.22. The molecule has 0 aliphatic carbocycles. The van der Waals surface area contributed by atoms with E-state index in [-0.39, 0.29) is 0 Å². The number of hydrogen-bond donors (Lipinski definition) is 0. The molecular formula is C18H16Cl2N4O. The van der Waals surface area contributed by atoms with Crippen molar-refractivity contribution in [1.82, 2.24) is 14.8 Å². The molecule has 3 rings (SSSR count). The van der Waals surface area contributed by atoms with Crippen LogP contribution >= 0.6 is 23.2 Å². The lowest BCUT2D eigenvalue weighted by atomic mass is 10.1. The van der Waals surface area contributed by atoms with Gasteiger partial charge in [0.05, 0.1) is 11.6 Å². The third kappa shape index (κ3) is 4.81. The molecule has 3 aromatic rings. The number of rotatable bonds is 6. The predicted molar refractivity (Wildman–Crippen MR) is 99.0 cm³/mol. The van der Waals surface area contributed by atoms with Crippen LogP contribution < -0.4 is 0 Å². The summed E-state index contributed by atoms with van der Waals surface area (Å²) in [6.07, 6.45) is 3.08. The average Bonchev–Trinajstić information content (AvgIpc) is 3.09. The maximum Gasteiger partial charge on any atom is 0.142 e. The maximum absolute atomic E-state index is 6.31. The molecule has 128 valence electrons. The number of aryl methyl sites for hydroxylation is 1. The first-order valence-corrected chi connectivity index (χ1v) is 8.39. The van der Waals surface area contributed by atoms with E-state index in [1.54, 1.807) is 23.1 Å². The lowest BCUT2D eigenvalue weighted by molar-refractivity contribution is 0.130. The van der Waals surface area contributed by atoms with Gasteiger partial charge in [-0.05, 0) is 30.7 Å². The minimum Gasteiger partial charge on any atom is -0.391 e. The molecule has 0 atom stereocenters. The molecule has 7 heteroatoms. The zero-order valence-corrected chi connectivity index (χ0v) is 15.1. The lowest BCUT2D eigenvalue weighted by Crippen LogP contribution is -2.13. The third-order valence-electron chi connectivity index (χ3n) is 3.55. The number of oxime groups is 1. The minimum atomic E-state index is 0.367. The first kappa shape index (κ1) is 17.5. The van der Waals surface area contributed by atoms with E-state index in [4.69, 9.17) is 28.0 Å². The Bertz CT molecular complexity index is 861. The summed E-state index contributed by atoms with van der Waals surface area (Å²) in [6.45, 7) is 2.79. The van der Waals surface area contributed by atoms with E-state index in [0.717, 1.165) is 11.1 Å². The van der Waals surface area contributed by atoms with E-state index in [9.17, 15) is 0 Å². The van der Waals surface area contributed by atoms with Crippen LogP contribution in [0.15, 0.2) is 60.3 Å². The molecule has 0 amide bonds. The van der Waals surface area contributed by atoms with Gasteiger partial charge in [0.2, 0.25) is 0 Å². The molecule has 0 spiro atoms. The van der Waals surface area contributed by atoms with E-state index >= 15 is 0 Å². The summed E-state index contributed by atoms with van der Waals surface area (Å²) in [7, 11) is 0. The number of hydrogen-bond acceptors (Lipinski definition) is 4. The summed E-state index contributed by atoms with van der Waals surface area (Å²) in [5, 5.41) is 9.45. The van der Waals surface area contributed by atoms with Crippen molar-refractivity contribution >= 4 is 28.9 Å². The fourth-order valence-corrected chi connectivity index (χ4v) is 2.74. The van der Waals surface area contributed by atoms with Gasteiger partial charge in [0.1, 0.15) is 25.0 Å². The largest absolute Gasteiger partial charge is 0.391 e. The molecule has 0 fully saturated rings. The van der Waals surface area contributed by atoms with E-state index in [2.05, 4.69) is 15.2 Å². The van der Waals surface area contributed by atoms with Crippen LogP contribution in [-0.2, 0) is 18.0 Å². The van der Waals surface area contributed by atoms with E-state index in [0.29, 0.717) is 28.9 Å². The zero-order chi connectivity index (χ0) is 17.6. The van der Waals surface area contributed by atoms with E-state index < -0.39 is 0 Å². The van der Waals surface area contributed by atoms with Gasteiger partial charge >= 0.3 is 0 Å². The summed E-state index contributed by atoms with van der Waals surface area (Å²) in [5.74, 6) is 0. The molecule has 1 heterocycles. The monoisotopic (exact) mass is 374 g/mol. The zero-order valence-electron chi connectivity index (χ0n) is 13.6. The SMILES string of the molecule is Cc1ccc(CO/N=C(\Cn2cncn2)c2ccc(Cl)cc2Cl)cc1. The van der Waals surface area contributed by atoms with Crippen LogP contribution in [-0.4, -0.2) is 20.5 Å². The Hall–Kier alpha value is -2.37. The van der Waals surface area contributed by atoms with Gasteiger partial charge in [0.25, 0.3) is 0 Å². The minimum absolute atomic E-state index is 0.367. The van der Waals surface area contributed by atoms with Crippen molar-refractivity contribution in [3.8, 4) is 0 Å². The van der Waals surface area contributed by atoms with E-state index in [1.807, 2.05) is 37.3 Å². The third-order valence-corrected chi connectivity index (χ3v) is 4.09. The van der Waals surface area contributed by atoms with Crippen LogP contribution in [0.4, 0.5) is 0 Å². The van der Waals surface area contributed by atoms with Gasteiger partial charge < -0.3 is 4.84 Å². The Balaban J connectivity index is 1.81. The highest BCUT2D eigenvalue weighted by Crippen LogP contribution is 2.22. The molecule has 0 N–H and O–H groups in total. The van der Waals surface area contributed by atoms with Crippen LogP contribution in [0.5, 0.6) is 0 Å². The topological polar surface area (TPSA) is 52.3 Å². The second kappa shape index (κ2) is 8.14. The van der Waals surface area contributed by atoms with Crippen molar-refractivity contribution in [2.45, 2.75) is 20.1 Å². The maximum atomic E-state index is 6.31. The Morgan fingerprint density at radius 3 is 2.64 bits per heavy atom.